The molecule has 0 fully saturated rings. The Bertz CT molecular complexity index is 314. The van der Waals surface area contributed by atoms with Gasteiger partial charge in [-0.25, -0.2) is 4.68 Å². The molecule has 0 spiro atoms. The molecule has 13 heavy (non-hydrogen) atoms. The summed E-state index contributed by atoms with van der Waals surface area (Å²) in [6, 6.07) is 0. The standard InChI is InChI=1S/C8H11BrN4/c1-3-4-5-10-6-7-8(9)11-12-13(7)2/h10H,5-6H2,1-2H3. The third kappa shape index (κ3) is 2.83. The first-order valence-corrected chi connectivity index (χ1v) is 4.69. The van der Waals surface area contributed by atoms with Crippen molar-refractivity contribution in [3.05, 3.63) is 10.3 Å². The number of aryl methyl sites for hydroxylation is 1. The van der Waals surface area contributed by atoms with Crippen LogP contribution in [-0.4, -0.2) is 21.5 Å². The van der Waals surface area contributed by atoms with Gasteiger partial charge in [0.1, 0.15) is 0 Å². The molecule has 0 radical (unpaired) electrons. The maximum Gasteiger partial charge on any atom is 0.152 e. The van der Waals surface area contributed by atoms with Gasteiger partial charge in [0, 0.05) is 13.6 Å². The lowest BCUT2D eigenvalue weighted by atomic mass is 10.4. The van der Waals surface area contributed by atoms with Crippen molar-refractivity contribution in [1.82, 2.24) is 20.3 Å². The molecule has 0 aliphatic heterocycles. The Morgan fingerprint density at radius 3 is 2.92 bits per heavy atom. The molecule has 0 aliphatic carbocycles. The molecule has 0 saturated carbocycles. The summed E-state index contributed by atoms with van der Waals surface area (Å²) in [5, 5.41) is 10.9. The fourth-order valence-electron chi connectivity index (χ4n) is 0.871. The van der Waals surface area contributed by atoms with Crippen LogP contribution in [0.3, 0.4) is 0 Å². The van der Waals surface area contributed by atoms with Crippen molar-refractivity contribution in [2.45, 2.75) is 13.5 Å². The predicted molar refractivity (Wildman–Crippen MR) is 53.9 cm³/mol. The Kier molecular flexibility index (Phi) is 3.93. The molecule has 0 aliphatic rings. The Balaban J connectivity index is 2.47. The molecule has 5 heteroatoms. The van der Waals surface area contributed by atoms with Crippen LogP contribution in [0, 0.1) is 11.8 Å². The first-order chi connectivity index (χ1) is 6.25. The number of halogens is 1. The highest BCUT2D eigenvalue weighted by molar-refractivity contribution is 9.10. The van der Waals surface area contributed by atoms with Gasteiger partial charge in [0.05, 0.1) is 12.2 Å². The van der Waals surface area contributed by atoms with E-state index >= 15 is 0 Å². The minimum atomic E-state index is 0.689. The van der Waals surface area contributed by atoms with E-state index in [1.807, 2.05) is 14.0 Å². The van der Waals surface area contributed by atoms with Crippen LogP contribution in [0.15, 0.2) is 4.60 Å². The van der Waals surface area contributed by atoms with Crippen LogP contribution in [0.1, 0.15) is 12.6 Å². The third-order valence-electron chi connectivity index (χ3n) is 1.58. The molecular formula is C8H11BrN4. The minimum Gasteiger partial charge on any atom is -0.300 e. The van der Waals surface area contributed by atoms with Crippen molar-refractivity contribution >= 4 is 15.9 Å². The number of aromatic nitrogens is 3. The van der Waals surface area contributed by atoms with Gasteiger partial charge in [0.15, 0.2) is 4.60 Å². The predicted octanol–water partition coefficient (Wildman–Crippen LogP) is 0.691. The summed E-state index contributed by atoms with van der Waals surface area (Å²) >= 11 is 3.32. The van der Waals surface area contributed by atoms with E-state index in [-0.39, 0.29) is 0 Å². The number of hydrogen-bond donors (Lipinski definition) is 1. The van der Waals surface area contributed by atoms with Gasteiger partial charge in [-0.2, -0.15) is 0 Å². The normalized spacial score (nSPS) is 9.46. The number of nitrogens with one attached hydrogen (secondary N) is 1. The molecule has 1 rings (SSSR count). The highest BCUT2D eigenvalue weighted by atomic mass is 79.9. The molecule has 1 heterocycles. The van der Waals surface area contributed by atoms with Crippen LogP contribution >= 0.6 is 15.9 Å². The Morgan fingerprint density at radius 1 is 1.62 bits per heavy atom. The average Bonchev–Trinajstić information content (AvgIpc) is 2.42. The zero-order valence-corrected chi connectivity index (χ0v) is 9.22. The van der Waals surface area contributed by atoms with Crippen LogP contribution in [0.4, 0.5) is 0 Å². The lowest BCUT2D eigenvalue weighted by Crippen LogP contribution is -2.16. The van der Waals surface area contributed by atoms with Gasteiger partial charge in [-0.05, 0) is 22.9 Å². The Labute approximate surface area is 85.8 Å². The quantitative estimate of drug-likeness (QED) is 0.627. The van der Waals surface area contributed by atoms with Gasteiger partial charge in [-0.1, -0.05) is 11.1 Å². The highest BCUT2D eigenvalue weighted by Gasteiger charge is 2.05. The zero-order chi connectivity index (χ0) is 9.68. The van der Waals surface area contributed by atoms with Crippen LogP contribution < -0.4 is 5.32 Å². The summed E-state index contributed by atoms with van der Waals surface area (Å²) in [5.41, 5.74) is 1.03. The summed E-state index contributed by atoms with van der Waals surface area (Å²) in [6.07, 6.45) is 0. The molecule has 0 bridgehead atoms. The summed E-state index contributed by atoms with van der Waals surface area (Å²) in [6.45, 7) is 3.23. The topological polar surface area (TPSA) is 42.7 Å². The molecule has 0 aromatic carbocycles. The first-order valence-electron chi connectivity index (χ1n) is 3.90. The average molecular weight is 243 g/mol. The van der Waals surface area contributed by atoms with Gasteiger partial charge >= 0.3 is 0 Å². The molecule has 0 atom stereocenters. The molecule has 4 nitrogen and oxygen atoms in total. The Hall–Kier alpha value is -0.860. The van der Waals surface area contributed by atoms with E-state index in [9.17, 15) is 0 Å². The third-order valence-corrected chi connectivity index (χ3v) is 2.19. The van der Waals surface area contributed by atoms with Crippen molar-refractivity contribution in [1.29, 1.82) is 0 Å². The molecular weight excluding hydrogens is 232 g/mol. The van der Waals surface area contributed by atoms with Gasteiger partial charge in [-0.3, -0.25) is 0 Å². The number of rotatable bonds is 3. The van der Waals surface area contributed by atoms with Gasteiger partial charge in [-0.15, -0.1) is 11.0 Å². The minimum absolute atomic E-state index is 0.689. The smallest absolute Gasteiger partial charge is 0.152 e. The first kappa shape index (κ1) is 10.2. The monoisotopic (exact) mass is 242 g/mol. The molecule has 0 saturated heterocycles. The van der Waals surface area contributed by atoms with E-state index < -0.39 is 0 Å². The number of nitrogens with zero attached hydrogens (tertiary/aromatic N) is 3. The van der Waals surface area contributed by atoms with Crippen LogP contribution in [-0.2, 0) is 13.6 Å². The van der Waals surface area contributed by atoms with E-state index in [0.29, 0.717) is 6.54 Å². The van der Waals surface area contributed by atoms with Crippen molar-refractivity contribution in [2.24, 2.45) is 7.05 Å². The van der Waals surface area contributed by atoms with E-state index in [0.717, 1.165) is 16.8 Å². The second kappa shape index (κ2) is 5.00. The highest BCUT2D eigenvalue weighted by Crippen LogP contribution is 2.10. The van der Waals surface area contributed by atoms with Crippen molar-refractivity contribution in [2.75, 3.05) is 6.54 Å². The maximum atomic E-state index is 3.87. The summed E-state index contributed by atoms with van der Waals surface area (Å²) < 4.78 is 2.52. The fourth-order valence-corrected chi connectivity index (χ4v) is 1.34. The summed E-state index contributed by atoms with van der Waals surface area (Å²) in [5.74, 6) is 5.74. The molecule has 1 aromatic rings. The van der Waals surface area contributed by atoms with E-state index in [4.69, 9.17) is 0 Å². The second-order valence-corrected chi connectivity index (χ2v) is 3.23. The summed E-state index contributed by atoms with van der Waals surface area (Å²) in [7, 11) is 1.86. The number of hydrogen-bond acceptors (Lipinski definition) is 3. The van der Waals surface area contributed by atoms with Crippen LogP contribution in [0.5, 0.6) is 0 Å². The maximum absolute atomic E-state index is 3.87. The van der Waals surface area contributed by atoms with Crippen molar-refractivity contribution in [3.8, 4) is 11.8 Å². The second-order valence-electron chi connectivity index (χ2n) is 2.48. The van der Waals surface area contributed by atoms with Gasteiger partial charge in [0.25, 0.3) is 0 Å². The molecule has 1 N–H and O–H groups in total. The molecule has 70 valence electrons. The largest absolute Gasteiger partial charge is 0.300 e. The SMILES string of the molecule is CC#CCNCc1c(Br)nnn1C. The van der Waals surface area contributed by atoms with Gasteiger partial charge in [0.2, 0.25) is 0 Å². The van der Waals surface area contributed by atoms with Crippen LogP contribution in [0.25, 0.3) is 0 Å². The van der Waals surface area contributed by atoms with Crippen LogP contribution in [0.2, 0.25) is 0 Å². The van der Waals surface area contributed by atoms with E-state index in [2.05, 4.69) is 43.4 Å². The Morgan fingerprint density at radius 2 is 2.38 bits per heavy atom. The fraction of sp³-hybridized carbons (Fsp3) is 0.500. The van der Waals surface area contributed by atoms with E-state index in [1.165, 1.54) is 0 Å². The molecule has 1 aromatic heterocycles. The van der Waals surface area contributed by atoms with Crippen molar-refractivity contribution < 1.29 is 0 Å². The lowest BCUT2D eigenvalue weighted by molar-refractivity contribution is 0.641. The van der Waals surface area contributed by atoms with Gasteiger partial charge < -0.3 is 5.32 Å². The van der Waals surface area contributed by atoms with E-state index in [1.54, 1.807) is 4.68 Å². The molecule has 0 amide bonds. The zero-order valence-electron chi connectivity index (χ0n) is 7.63. The molecule has 0 unspecified atom stereocenters. The lowest BCUT2D eigenvalue weighted by Gasteiger charge is -2.00. The van der Waals surface area contributed by atoms with Crippen molar-refractivity contribution in [3.63, 3.8) is 0 Å². The summed E-state index contributed by atoms with van der Waals surface area (Å²) in [4.78, 5) is 0.